The van der Waals surface area contributed by atoms with E-state index in [1.807, 2.05) is 0 Å². The molecule has 5 atom stereocenters. The van der Waals surface area contributed by atoms with Gasteiger partial charge in [0.2, 0.25) is 0 Å². The van der Waals surface area contributed by atoms with Crippen LogP contribution in [0.25, 0.3) is 0 Å². The van der Waals surface area contributed by atoms with Crippen LogP contribution in [0.4, 0.5) is 0 Å². The molecule has 3 N–H and O–H groups in total. The van der Waals surface area contributed by atoms with Crippen LogP contribution in [-0.2, 0) is 65.4 Å². The van der Waals surface area contributed by atoms with Gasteiger partial charge in [-0.1, -0.05) is 253 Å². The zero-order valence-electron chi connectivity index (χ0n) is 62.8. The van der Waals surface area contributed by atoms with Crippen molar-refractivity contribution in [1.82, 2.24) is 0 Å². The molecule has 0 saturated carbocycles. The maximum absolute atomic E-state index is 13.1. The summed E-state index contributed by atoms with van der Waals surface area (Å²) >= 11 is 0. The second kappa shape index (κ2) is 73.0. The Morgan fingerprint density at radius 1 is 0.290 bits per heavy atom. The summed E-state index contributed by atoms with van der Waals surface area (Å²) in [6.45, 7) is 4.64. The van der Waals surface area contributed by atoms with E-state index in [1.165, 1.54) is 57.8 Å². The minimum absolute atomic E-state index is 0.0709. The molecule has 0 bridgehead atoms. The Bertz CT molecular complexity index is 2320. The van der Waals surface area contributed by atoms with Crippen LogP contribution in [-0.4, -0.2) is 96.7 Å². The number of aliphatic hydroxyl groups is 1. The van der Waals surface area contributed by atoms with Gasteiger partial charge in [0.25, 0.3) is 0 Å². The lowest BCUT2D eigenvalue weighted by Crippen LogP contribution is -2.30. The van der Waals surface area contributed by atoms with Crippen molar-refractivity contribution in [3.63, 3.8) is 0 Å². The molecule has 0 saturated heterocycles. The van der Waals surface area contributed by atoms with Crippen LogP contribution in [0, 0.1) is 0 Å². The van der Waals surface area contributed by atoms with E-state index < -0.39 is 97.5 Å². The summed E-state index contributed by atoms with van der Waals surface area (Å²) in [7, 11) is -9.97. The molecule has 0 spiro atoms. The first-order valence-electron chi connectivity index (χ1n) is 39.1. The third-order valence-electron chi connectivity index (χ3n) is 16.2. The first-order chi connectivity index (χ1) is 48.7. The van der Waals surface area contributed by atoms with Crippen molar-refractivity contribution in [2.24, 2.45) is 0 Å². The fourth-order valence-corrected chi connectivity index (χ4v) is 11.8. The normalized spacial score (nSPS) is 14.5. The molecule has 100 heavy (non-hydrogen) atoms. The van der Waals surface area contributed by atoms with Crippen LogP contribution in [0.5, 0.6) is 0 Å². The average molecular weight is 1450 g/mol. The lowest BCUT2D eigenvalue weighted by atomic mass is 10.1. The van der Waals surface area contributed by atoms with Crippen molar-refractivity contribution in [3.05, 3.63) is 109 Å². The van der Waals surface area contributed by atoms with Crippen molar-refractivity contribution >= 4 is 39.5 Å². The van der Waals surface area contributed by atoms with Gasteiger partial charge in [-0.2, -0.15) is 0 Å². The predicted octanol–water partition coefficient (Wildman–Crippen LogP) is 22.6. The predicted molar refractivity (Wildman–Crippen MR) is 408 cm³/mol. The Hall–Kier alpha value is -4.28. The van der Waals surface area contributed by atoms with Crippen LogP contribution in [0.15, 0.2) is 109 Å². The zero-order valence-corrected chi connectivity index (χ0v) is 64.6. The Kier molecular flexibility index (Phi) is 69.9. The number of rotatable bonds is 73. The number of phosphoric acid groups is 2. The van der Waals surface area contributed by atoms with Crippen LogP contribution < -0.4 is 0 Å². The van der Waals surface area contributed by atoms with Crippen LogP contribution in [0.1, 0.15) is 323 Å². The van der Waals surface area contributed by atoms with E-state index in [-0.39, 0.29) is 25.7 Å². The molecule has 0 aliphatic carbocycles. The third kappa shape index (κ3) is 72.1. The third-order valence-corrected chi connectivity index (χ3v) is 18.1. The van der Waals surface area contributed by atoms with E-state index in [4.69, 9.17) is 37.0 Å². The van der Waals surface area contributed by atoms with Gasteiger partial charge in [-0.25, -0.2) is 9.13 Å². The minimum Gasteiger partial charge on any atom is -0.462 e. The number of esters is 4. The summed E-state index contributed by atoms with van der Waals surface area (Å²) in [4.78, 5) is 72.9. The maximum Gasteiger partial charge on any atom is 0.472 e. The van der Waals surface area contributed by atoms with Gasteiger partial charge >= 0.3 is 39.5 Å². The Morgan fingerprint density at radius 2 is 0.520 bits per heavy atom. The van der Waals surface area contributed by atoms with Crippen LogP contribution in [0.3, 0.4) is 0 Å². The van der Waals surface area contributed by atoms with E-state index in [9.17, 15) is 43.2 Å². The maximum atomic E-state index is 13.1. The molecule has 0 rings (SSSR count). The van der Waals surface area contributed by atoms with Crippen molar-refractivity contribution in [1.29, 1.82) is 0 Å². The number of hydrogen-bond acceptors (Lipinski definition) is 15. The van der Waals surface area contributed by atoms with E-state index in [0.717, 1.165) is 186 Å². The molecular weight excluding hydrogens is 1310 g/mol. The summed E-state index contributed by atoms with van der Waals surface area (Å²) < 4.78 is 68.5. The number of phosphoric ester groups is 2. The zero-order chi connectivity index (χ0) is 73.2. The molecule has 0 fully saturated rings. The quantitative estimate of drug-likeness (QED) is 0.0169. The lowest BCUT2D eigenvalue weighted by Gasteiger charge is -2.21. The molecule has 0 amide bonds. The molecule has 17 nitrogen and oxygen atoms in total. The summed E-state index contributed by atoms with van der Waals surface area (Å²) in [5, 5.41) is 10.6. The number of carbonyl (C=O) groups excluding carboxylic acids is 4. The number of unbranched alkanes of at least 4 members (excludes halogenated alkanes) is 29. The lowest BCUT2D eigenvalue weighted by molar-refractivity contribution is -0.161. The smallest absolute Gasteiger partial charge is 0.462 e. The van der Waals surface area contributed by atoms with Gasteiger partial charge in [0.05, 0.1) is 26.4 Å². The first kappa shape index (κ1) is 95.7. The molecule has 19 heteroatoms. The largest absolute Gasteiger partial charge is 0.472 e. The molecular formula is C81H140O17P2. The molecule has 0 aliphatic rings. The van der Waals surface area contributed by atoms with Gasteiger partial charge in [-0.3, -0.25) is 37.3 Å². The molecule has 0 radical (unpaired) electrons. The first-order valence-corrected chi connectivity index (χ1v) is 42.1. The second-order valence-electron chi connectivity index (χ2n) is 25.9. The van der Waals surface area contributed by atoms with Crippen molar-refractivity contribution in [2.75, 3.05) is 39.6 Å². The molecule has 0 aromatic heterocycles. The van der Waals surface area contributed by atoms with Crippen molar-refractivity contribution < 1.29 is 80.2 Å². The van der Waals surface area contributed by atoms with E-state index in [0.29, 0.717) is 25.7 Å². The van der Waals surface area contributed by atoms with Gasteiger partial charge in [0, 0.05) is 25.7 Å². The van der Waals surface area contributed by atoms with Gasteiger partial charge in [0.1, 0.15) is 19.3 Å². The van der Waals surface area contributed by atoms with E-state index >= 15 is 0 Å². The number of allylic oxidation sites excluding steroid dienone is 18. The average Bonchev–Trinajstić information content (AvgIpc) is 1.25. The molecule has 0 heterocycles. The van der Waals surface area contributed by atoms with Gasteiger partial charge < -0.3 is 33.8 Å². The highest BCUT2D eigenvalue weighted by atomic mass is 31.2. The molecule has 0 aliphatic heterocycles. The number of carbonyl (C=O) groups is 4. The number of aliphatic hydroxyl groups excluding tert-OH is 1. The summed E-state index contributed by atoms with van der Waals surface area (Å²) in [6, 6.07) is 0. The van der Waals surface area contributed by atoms with Crippen molar-refractivity contribution in [3.8, 4) is 0 Å². The fraction of sp³-hybridized carbons (Fsp3) is 0.728. The standard InChI is InChI=1S/C81H140O17P2/c1-5-9-13-17-21-25-29-33-37-41-45-49-53-57-61-65-78(83)91-71-76(97-80(85)67-63-59-55-51-47-43-39-35-31-27-23-19-15-11-7-3)73-95-99(87,88)93-69-75(82)70-94-100(89,90)96-74-77(98-81(86)68-64-60-56-52-48-44-40-36-32-28-24-20-16-12-8-4)72-92-79(84)66-62-58-54-50-46-42-38-34-30-26-22-18-14-10-6-2/h11,15,21-28,33-40,75-77,82H,5-10,12-14,16-20,29-32,41-74H2,1-4H3,(H,87,88)(H,89,90)/t75?,76-,77-/m1/s1. The molecule has 3 unspecified atom stereocenters. The Balaban J connectivity index is 5.40. The topological polar surface area (TPSA) is 237 Å². The monoisotopic (exact) mass is 1450 g/mol. The molecule has 0 aromatic rings. The molecule has 576 valence electrons. The number of hydrogen-bond donors (Lipinski definition) is 3. The highest BCUT2D eigenvalue weighted by Crippen LogP contribution is 2.45. The minimum atomic E-state index is -4.99. The summed E-state index contributed by atoms with van der Waals surface area (Å²) in [6.07, 6.45) is 77.8. The Labute approximate surface area is 607 Å². The second-order valence-corrected chi connectivity index (χ2v) is 28.8. The van der Waals surface area contributed by atoms with Gasteiger partial charge in [-0.05, 0) is 154 Å². The summed E-state index contributed by atoms with van der Waals surface area (Å²) in [5.74, 6) is -2.23. The van der Waals surface area contributed by atoms with Crippen LogP contribution >= 0.6 is 15.6 Å². The van der Waals surface area contributed by atoms with Gasteiger partial charge in [0.15, 0.2) is 12.2 Å². The van der Waals surface area contributed by atoms with Crippen LogP contribution in [0.2, 0.25) is 0 Å². The summed E-state index contributed by atoms with van der Waals surface area (Å²) in [5.41, 5.74) is 0. The van der Waals surface area contributed by atoms with Crippen molar-refractivity contribution in [2.45, 2.75) is 341 Å². The Morgan fingerprint density at radius 3 is 0.800 bits per heavy atom. The van der Waals surface area contributed by atoms with E-state index in [1.54, 1.807) is 0 Å². The molecule has 0 aromatic carbocycles. The highest BCUT2D eigenvalue weighted by Gasteiger charge is 2.30. The SMILES string of the molecule is CCC=CCC=CCC=CCCCCCCCC(=O)O[C@H](COC(=O)CCCCCCCC=CCC=CCCCCC)COP(=O)(O)OCC(O)COP(=O)(O)OC[C@@H](COC(=O)CCCCCCCC=CCC=CCCCCC)OC(=O)CCCCCCCC=CCC=CCCCCC. The van der Waals surface area contributed by atoms with E-state index in [2.05, 4.69) is 137 Å². The fourth-order valence-electron chi connectivity index (χ4n) is 10.2. The number of ether oxygens (including phenoxy) is 4. The van der Waals surface area contributed by atoms with Gasteiger partial charge in [-0.15, -0.1) is 0 Å². The highest BCUT2D eigenvalue weighted by molar-refractivity contribution is 7.47.